The molecule has 0 radical (unpaired) electrons. The molecule has 6 heteroatoms. The number of hydrogen-bond acceptors (Lipinski definition) is 4. The molecule has 1 aliphatic rings. The van der Waals surface area contributed by atoms with Gasteiger partial charge < -0.3 is 4.90 Å². The Bertz CT molecular complexity index is 719. The third-order valence-electron chi connectivity index (χ3n) is 4.93. The molecule has 0 unspecified atom stereocenters. The van der Waals surface area contributed by atoms with Gasteiger partial charge in [-0.3, -0.25) is 4.79 Å². The average molecular weight is 347 g/mol. The fourth-order valence-electron chi connectivity index (χ4n) is 3.25. The van der Waals surface area contributed by atoms with Crippen LogP contribution in [0.25, 0.3) is 5.13 Å². The molecule has 2 aromatic heterocycles. The second kappa shape index (κ2) is 7.05. The van der Waals surface area contributed by atoms with Crippen molar-refractivity contribution in [3.05, 3.63) is 27.5 Å². The third kappa shape index (κ3) is 3.38. The van der Waals surface area contributed by atoms with Crippen molar-refractivity contribution in [2.75, 3.05) is 13.1 Å². The molecule has 0 spiro atoms. The summed E-state index contributed by atoms with van der Waals surface area (Å²) in [5, 5.41) is 5.53. The topological polar surface area (TPSA) is 51.0 Å². The molecule has 0 saturated carbocycles. The first-order chi connectivity index (χ1) is 11.5. The van der Waals surface area contributed by atoms with Gasteiger partial charge in [-0.15, -0.1) is 0 Å². The van der Waals surface area contributed by atoms with E-state index in [2.05, 4.69) is 17.0 Å². The smallest absolute Gasteiger partial charge is 0.227 e. The predicted molar refractivity (Wildman–Crippen MR) is 96.9 cm³/mol. The summed E-state index contributed by atoms with van der Waals surface area (Å²) in [6.45, 7) is 9.92. The maximum absolute atomic E-state index is 12.7. The number of carbonyl (C=O) groups excluding carboxylic acids is 1. The van der Waals surface area contributed by atoms with Crippen LogP contribution >= 0.6 is 11.3 Å². The first kappa shape index (κ1) is 17.1. The molecule has 3 heterocycles. The lowest BCUT2D eigenvalue weighted by Gasteiger charge is -2.20. The number of carbonyl (C=O) groups is 1. The SMILES string of the molecule is Cc1nc(-n2nc(C)c(CC(=O)N3CCCCCC3)c2C)sc1C. The Balaban J connectivity index is 1.82. The summed E-state index contributed by atoms with van der Waals surface area (Å²) in [6.07, 6.45) is 5.17. The first-order valence-electron chi connectivity index (χ1n) is 8.74. The van der Waals surface area contributed by atoms with Gasteiger partial charge in [0.15, 0.2) is 0 Å². The van der Waals surface area contributed by atoms with E-state index in [1.54, 1.807) is 11.3 Å². The van der Waals surface area contributed by atoms with Gasteiger partial charge >= 0.3 is 0 Å². The molecule has 130 valence electrons. The standard InChI is InChI=1S/C18H26N4OS/c1-12-15(4)24-18(19-12)22-14(3)16(13(2)20-22)11-17(23)21-9-7-5-6-8-10-21/h5-11H2,1-4H3. The van der Waals surface area contributed by atoms with Gasteiger partial charge in [0.25, 0.3) is 0 Å². The fraction of sp³-hybridized carbons (Fsp3) is 0.611. The average Bonchev–Trinajstić information content (AvgIpc) is 2.89. The van der Waals surface area contributed by atoms with Gasteiger partial charge in [-0.1, -0.05) is 24.2 Å². The van der Waals surface area contributed by atoms with Crippen LogP contribution in [0.2, 0.25) is 0 Å². The maximum Gasteiger partial charge on any atom is 0.227 e. The molecule has 1 aliphatic heterocycles. The van der Waals surface area contributed by atoms with E-state index in [9.17, 15) is 4.79 Å². The zero-order chi connectivity index (χ0) is 17.3. The summed E-state index contributed by atoms with van der Waals surface area (Å²) < 4.78 is 1.89. The number of thiazole rings is 1. The molecule has 24 heavy (non-hydrogen) atoms. The molecule has 2 aromatic rings. The Morgan fingerprint density at radius 2 is 1.71 bits per heavy atom. The second-order valence-corrected chi connectivity index (χ2v) is 7.85. The summed E-state index contributed by atoms with van der Waals surface area (Å²) in [5.41, 5.74) is 4.06. The number of nitrogens with zero attached hydrogens (tertiary/aromatic N) is 4. The summed E-state index contributed by atoms with van der Waals surface area (Å²) in [5.74, 6) is 0.231. The van der Waals surface area contributed by atoms with Crippen LogP contribution < -0.4 is 0 Å². The number of amides is 1. The predicted octanol–water partition coefficient (Wildman–Crippen LogP) is 3.51. The van der Waals surface area contributed by atoms with Crippen molar-refractivity contribution in [2.24, 2.45) is 0 Å². The van der Waals surface area contributed by atoms with E-state index in [0.717, 1.165) is 53.7 Å². The van der Waals surface area contributed by atoms with Gasteiger partial charge in [-0.05, 0) is 40.5 Å². The van der Waals surface area contributed by atoms with Crippen LogP contribution in [0.1, 0.15) is 53.2 Å². The molecule has 0 aromatic carbocycles. The normalized spacial score (nSPS) is 15.6. The molecule has 0 bridgehead atoms. The van der Waals surface area contributed by atoms with Crippen LogP contribution in [0.5, 0.6) is 0 Å². The molecule has 0 aliphatic carbocycles. The number of hydrogen-bond donors (Lipinski definition) is 0. The van der Waals surface area contributed by atoms with Gasteiger partial charge in [0.2, 0.25) is 11.0 Å². The van der Waals surface area contributed by atoms with E-state index in [1.807, 2.05) is 30.4 Å². The van der Waals surface area contributed by atoms with E-state index in [4.69, 9.17) is 0 Å². The minimum Gasteiger partial charge on any atom is -0.342 e. The quantitative estimate of drug-likeness (QED) is 0.854. The van der Waals surface area contributed by atoms with E-state index in [-0.39, 0.29) is 5.91 Å². The lowest BCUT2D eigenvalue weighted by molar-refractivity contribution is -0.130. The van der Waals surface area contributed by atoms with E-state index >= 15 is 0 Å². The Morgan fingerprint density at radius 1 is 1.04 bits per heavy atom. The third-order valence-corrected chi connectivity index (χ3v) is 5.97. The molecule has 0 N–H and O–H groups in total. The lowest BCUT2D eigenvalue weighted by Crippen LogP contribution is -2.33. The van der Waals surface area contributed by atoms with Gasteiger partial charge in [-0.2, -0.15) is 5.10 Å². The van der Waals surface area contributed by atoms with Crippen molar-refractivity contribution in [3.63, 3.8) is 0 Å². The van der Waals surface area contributed by atoms with Crippen molar-refractivity contribution in [1.29, 1.82) is 0 Å². The summed E-state index contributed by atoms with van der Waals surface area (Å²) in [6, 6.07) is 0. The highest BCUT2D eigenvalue weighted by Gasteiger charge is 2.21. The second-order valence-electron chi connectivity index (χ2n) is 6.67. The monoisotopic (exact) mass is 346 g/mol. The van der Waals surface area contributed by atoms with Crippen molar-refractivity contribution in [3.8, 4) is 5.13 Å². The molecule has 1 saturated heterocycles. The summed E-state index contributed by atoms with van der Waals surface area (Å²) >= 11 is 1.65. The Labute approximate surface area is 147 Å². The van der Waals surface area contributed by atoms with Crippen LogP contribution in [0.4, 0.5) is 0 Å². The van der Waals surface area contributed by atoms with Crippen LogP contribution in [-0.2, 0) is 11.2 Å². The zero-order valence-corrected chi connectivity index (χ0v) is 15.9. The van der Waals surface area contributed by atoms with Crippen molar-refractivity contribution in [1.82, 2.24) is 19.7 Å². The van der Waals surface area contributed by atoms with Gasteiger partial charge in [0.05, 0.1) is 17.8 Å². The molecule has 0 atom stereocenters. The van der Waals surface area contributed by atoms with Crippen LogP contribution in [0.3, 0.4) is 0 Å². The minimum atomic E-state index is 0.231. The molecule has 1 fully saturated rings. The number of aromatic nitrogens is 3. The zero-order valence-electron chi connectivity index (χ0n) is 15.1. The molecule has 5 nitrogen and oxygen atoms in total. The number of likely N-dealkylation sites (tertiary alicyclic amines) is 1. The number of aryl methyl sites for hydroxylation is 3. The Morgan fingerprint density at radius 3 is 2.29 bits per heavy atom. The van der Waals surface area contributed by atoms with Gasteiger partial charge in [0, 0.05) is 29.2 Å². The van der Waals surface area contributed by atoms with Gasteiger partial charge in [-0.25, -0.2) is 9.67 Å². The summed E-state index contributed by atoms with van der Waals surface area (Å²) in [4.78, 5) is 20.5. The van der Waals surface area contributed by atoms with Crippen LogP contribution in [-0.4, -0.2) is 38.7 Å². The fourth-order valence-corrected chi connectivity index (χ4v) is 4.16. The van der Waals surface area contributed by atoms with E-state index in [1.165, 1.54) is 17.7 Å². The highest BCUT2D eigenvalue weighted by atomic mass is 32.1. The minimum absolute atomic E-state index is 0.231. The van der Waals surface area contributed by atoms with E-state index in [0.29, 0.717) is 6.42 Å². The van der Waals surface area contributed by atoms with Crippen LogP contribution in [0.15, 0.2) is 0 Å². The maximum atomic E-state index is 12.7. The first-order valence-corrected chi connectivity index (χ1v) is 9.56. The highest BCUT2D eigenvalue weighted by Crippen LogP contribution is 2.24. The highest BCUT2D eigenvalue weighted by molar-refractivity contribution is 7.14. The molecule has 1 amide bonds. The van der Waals surface area contributed by atoms with Crippen molar-refractivity contribution >= 4 is 17.2 Å². The lowest BCUT2D eigenvalue weighted by atomic mass is 10.1. The Hall–Kier alpha value is -1.69. The van der Waals surface area contributed by atoms with Crippen LogP contribution in [0, 0.1) is 27.7 Å². The van der Waals surface area contributed by atoms with Crippen molar-refractivity contribution in [2.45, 2.75) is 59.8 Å². The number of rotatable bonds is 3. The van der Waals surface area contributed by atoms with Gasteiger partial charge in [0.1, 0.15) is 0 Å². The molecular formula is C18H26N4OS. The van der Waals surface area contributed by atoms with Crippen molar-refractivity contribution < 1.29 is 4.79 Å². The summed E-state index contributed by atoms with van der Waals surface area (Å²) in [7, 11) is 0. The van der Waals surface area contributed by atoms with E-state index < -0.39 is 0 Å². The Kier molecular flexibility index (Phi) is 5.04. The molecule has 3 rings (SSSR count). The molecular weight excluding hydrogens is 320 g/mol. The largest absolute Gasteiger partial charge is 0.342 e.